The van der Waals surface area contributed by atoms with Gasteiger partial charge < -0.3 is 15.8 Å². The van der Waals surface area contributed by atoms with Crippen molar-refractivity contribution < 1.29 is 9.90 Å². The lowest BCUT2D eigenvalue weighted by Gasteiger charge is -2.19. The molecule has 3 aromatic carbocycles. The van der Waals surface area contributed by atoms with Gasteiger partial charge in [0.15, 0.2) is 0 Å². The van der Waals surface area contributed by atoms with Gasteiger partial charge in [0, 0.05) is 39.7 Å². The third-order valence-electron chi connectivity index (χ3n) is 5.26. The van der Waals surface area contributed by atoms with Crippen LogP contribution in [-0.4, -0.2) is 22.6 Å². The predicted molar refractivity (Wildman–Crippen MR) is 119 cm³/mol. The minimum absolute atomic E-state index is 0.121. The molecule has 1 aromatic heterocycles. The van der Waals surface area contributed by atoms with Crippen LogP contribution < -0.4 is 5.73 Å². The number of benzene rings is 3. The van der Waals surface area contributed by atoms with Gasteiger partial charge in [0.05, 0.1) is 6.61 Å². The summed E-state index contributed by atoms with van der Waals surface area (Å²) in [6.45, 7) is -0.121. The third-order valence-corrected chi connectivity index (χ3v) is 5.26. The Bertz CT molecular complexity index is 1250. The van der Waals surface area contributed by atoms with E-state index < -0.39 is 5.91 Å². The Hall–Kier alpha value is -3.81. The van der Waals surface area contributed by atoms with Gasteiger partial charge in [-0.25, -0.2) is 0 Å². The molecule has 0 saturated carbocycles. The Morgan fingerprint density at radius 3 is 2.50 bits per heavy atom. The van der Waals surface area contributed by atoms with Gasteiger partial charge in [-0.05, 0) is 47.9 Å². The van der Waals surface area contributed by atoms with Crippen molar-refractivity contribution in [1.29, 1.82) is 0 Å². The average Bonchev–Trinajstić information content (AvgIpc) is 3.19. The highest BCUT2D eigenvalue weighted by atomic mass is 16.3. The Morgan fingerprint density at radius 1 is 0.967 bits per heavy atom. The van der Waals surface area contributed by atoms with Gasteiger partial charge in [0.25, 0.3) is 0 Å². The highest BCUT2D eigenvalue weighted by Gasteiger charge is 2.22. The maximum absolute atomic E-state index is 12.2. The summed E-state index contributed by atoms with van der Waals surface area (Å²) in [5, 5.41) is 11.4. The van der Waals surface area contributed by atoms with E-state index in [-0.39, 0.29) is 12.5 Å². The molecule has 0 spiro atoms. The number of aromatic amines is 1. The molecule has 0 aliphatic heterocycles. The molecule has 4 heteroatoms. The Morgan fingerprint density at radius 2 is 1.73 bits per heavy atom. The lowest BCUT2D eigenvalue weighted by atomic mass is 9.85. The highest BCUT2D eigenvalue weighted by molar-refractivity contribution is 5.95. The second kappa shape index (κ2) is 8.69. The van der Waals surface area contributed by atoms with Crippen LogP contribution in [0.15, 0.2) is 79.0 Å². The van der Waals surface area contributed by atoms with Gasteiger partial charge in [-0.1, -0.05) is 54.3 Å². The fraction of sp³-hybridized carbons (Fsp3) is 0.115. The molecule has 0 unspecified atom stereocenters. The van der Waals surface area contributed by atoms with Crippen molar-refractivity contribution in [2.24, 2.45) is 5.73 Å². The number of nitrogens with two attached hydrogens (primary N) is 1. The summed E-state index contributed by atoms with van der Waals surface area (Å²) >= 11 is 0. The monoisotopic (exact) mass is 394 g/mol. The number of fused-ring (bicyclic) bond motifs is 1. The number of rotatable bonds is 5. The first-order valence-electron chi connectivity index (χ1n) is 9.83. The normalized spacial score (nSPS) is 11.6. The maximum Gasteiger partial charge on any atom is 0.249 e. The van der Waals surface area contributed by atoms with Crippen LogP contribution in [-0.2, 0) is 6.42 Å². The zero-order valence-corrected chi connectivity index (χ0v) is 16.4. The first-order chi connectivity index (χ1) is 14.7. The molecule has 30 heavy (non-hydrogen) atoms. The summed E-state index contributed by atoms with van der Waals surface area (Å²) in [5.74, 6) is 5.49. The molecule has 0 saturated heterocycles. The number of carbonyl (C=O) groups excluding carboxylic acids is 1. The first kappa shape index (κ1) is 19.5. The van der Waals surface area contributed by atoms with Crippen LogP contribution in [0.3, 0.4) is 0 Å². The molecule has 0 radical (unpaired) electrons. The lowest BCUT2D eigenvalue weighted by Crippen LogP contribution is -2.19. The number of primary amides is 1. The molecule has 1 amide bonds. The van der Waals surface area contributed by atoms with E-state index in [9.17, 15) is 9.90 Å². The fourth-order valence-corrected chi connectivity index (χ4v) is 3.81. The number of hydrogen-bond acceptors (Lipinski definition) is 2. The Kier molecular flexibility index (Phi) is 5.65. The first-order valence-corrected chi connectivity index (χ1v) is 9.83. The SMILES string of the molecule is NC(=O)c1cccc(C#Cc2ccccc2)c1[C@H](CO)Cc1c[nH]c2ccccc12. The zero-order chi connectivity index (χ0) is 20.9. The number of aromatic nitrogens is 1. The second-order valence-electron chi connectivity index (χ2n) is 7.19. The second-order valence-corrected chi connectivity index (χ2v) is 7.19. The van der Waals surface area contributed by atoms with E-state index in [0.29, 0.717) is 23.1 Å². The van der Waals surface area contributed by atoms with Gasteiger partial charge in [0.2, 0.25) is 5.91 Å². The molecule has 4 nitrogen and oxygen atoms in total. The van der Waals surface area contributed by atoms with E-state index in [0.717, 1.165) is 22.0 Å². The van der Waals surface area contributed by atoms with E-state index in [1.807, 2.05) is 66.9 Å². The van der Waals surface area contributed by atoms with E-state index in [4.69, 9.17) is 5.73 Å². The van der Waals surface area contributed by atoms with Crippen molar-refractivity contribution in [2.45, 2.75) is 12.3 Å². The van der Waals surface area contributed by atoms with Gasteiger partial charge in [-0.2, -0.15) is 0 Å². The van der Waals surface area contributed by atoms with Crippen molar-refractivity contribution in [2.75, 3.05) is 6.61 Å². The predicted octanol–water partition coefficient (Wildman–Crippen LogP) is 3.99. The summed E-state index contributed by atoms with van der Waals surface area (Å²) in [6, 6.07) is 23.0. The molecule has 4 aromatic rings. The summed E-state index contributed by atoms with van der Waals surface area (Å²) in [6.07, 6.45) is 2.51. The number of aliphatic hydroxyl groups excluding tert-OH is 1. The standard InChI is InChI=1S/C26H22N2O2/c27-26(30)23-11-6-9-19(14-13-18-7-2-1-3-8-18)25(23)21(17-29)15-20-16-28-24-12-5-4-10-22(20)24/h1-12,16,21,28-29H,15,17H2,(H2,27,30)/t21-/m0/s1. The minimum atomic E-state index is -0.522. The molecule has 148 valence electrons. The summed E-state index contributed by atoms with van der Waals surface area (Å²) in [5.41, 5.74) is 10.5. The Labute approximate surface area is 175 Å². The molecule has 1 heterocycles. The average molecular weight is 394 g/mol. The highest BCUT2D eigenvalue weighted by Crippen LogP contribution is 2.30. The van der Waals surface area contributed by atoms with Crippen LogP contribution in [0.25, 0.3) is 10.9 Å². The van der Waals surface area contributed by atoms with Crippen LogP contribution in [0.2, 0.25) is 0 Å². The number of amides is 1. The van der Waals surface area contributed by atoms with Gasteiger partial charge in [0.1, 0.15) is 0 Å². The lowest BCUT2D eigenvalue weighted by molar-refractivity contribution is 0.0998. The largest absolute Gasteiger partial charge is 0.396 e. The third kappa shape index (κ3) is 3.98. The molecule has 0 aliphatic rings. The number of carbonyl (C=O) groups is 1. The maximum atomic E-state index is 12.2. The van der Waals surface area contributed by atoms with Crippen molar-refractivity contribution in [3.63, 3.8) is 0 Å². The van der Waals surface area contributed by atoms with E-state index >= 15 is 0 Å². The van der Waals surface area contributed by atoms with Crippen molar-refractivity contribution in [3.05, 3.63) is 107 Å². The van der Waals surface area contributed by atoms with Crippen LogP contribution in [0.4, 0.5) is 0 Å². The zero-order valence-electron chi connectivity index (χ0n) is 16.4. The van der Waals surface area contributed by atoms with Crippen LogP contribution in [0.1, 0.15) is 38.5 Å². The number of hydrogen-bond donors (Lipinski definition) is 3. The summed E-state index contributed by atoms with van der Waals surface area (Å²) in [4.78, 5) is 15.4. The summed E-state index contributed by atoms with van der Waals surface area (Å²) < 4.78 is 0. The van der Waals surface area contributed by atoms with Gasteiger partial charge in [-0.15, -0.1) is 0 Å². The fourth-order valence-electron chi connectivity index (χ4n) is 3.81. The Balaban J connectivity index is 1.78. The quantitative estimate of drug-likeness (QED) is 0.448. The van der Waals surface area contributed by atoms with Gasteiger partial charge >= 0.3 is 0 Å². The molecule has 4 rings (SSSR count). The molecule has 4 N–H and O–H groups in total. The number of para-hydroxylation sites is 1. The molecule has 0 bridgehead atoms. The molecular formula is C26H22N2O2. The molecule has 0 fully saturated rings. The number of H-pyrrole nitrogens is 1. The van der Waals surface area contributed by atoms with E-state index in [2.05, 4.69) is 16.8 Å². The summed E-state index contributed by atoms with van der Waals surface area (Å²) in [7, 11) is 0. The van der Waals surface area contributed by atoms with Crippen molar-refractivity contribution >= 4 is 16.8 Å². The van der Waals surface area contributed by atoms with Crippen molar-refractivity contribution in [1.82, 2.24) is 4.98 Å². The number of aliphatic hydroxyl groups is 1. The molecule has 0 aliphatic carbocycles. The number of nitrogens with one attached hydrogen (secondary N) is 1. The molecule has 1 atom stereocenters. The van der Waals surface area contributed by atoms with Gasteiger partial charge in [-0.3, -0.25) is 4.79 Å². The van der Waals surface area contributed by atoms with Crippen molar-refractivity contribution in [3.8, 4) is 11.8 Å². The van der Waals surface area contributed by atoms with Crippen LogP contribution in [0.5, 0.6) is 0 Å². The smallest absolute Gasteiger partial charge is 0.249 e. The minimum Gasteiger partial charge on any atom is -0.396 e. The molecular weight excluding hydrogens is 372 g/mol. The van der Waals surface area contributed by atoms with Crippen LogP contribution >= 0.6 is 0 Å². The van der Waals surface area contributed by atoms with Crippen LogP contribution in [0, 0.1) is 11.8 Å². The van der Waals surface area contributed by atoms with E-state index in [1.54, 1.807) is 12.1 Å². The van der Waals surface area contributed by atoms with E-state index in [1.165, 1.54) is 0 Å². The topological polar surface area (TPSA) is 79.1 Å².